The first-order valence-electron chi connectivity index (χ1n) is 6.32. The molecule has 0 fully saturated rings. The highest BCUT2D eigenvalue weighted by Gasteiger charge is 2.09. The molecule has 3 nitrogen and oxygen atoms in total. The van der Waals surface area contributed by atoms with Gasteiger partial charge in [0.2, 0.25) is 0 Å². The first-order valence-corrected chi connectivity index (χ1v) is 7.13. The van der Waals surface area contributed by atoms with Crippen LogP contribution in [0.25, 0.3) is 11.0 Å². The van der Waals surface area contributed by atoms with Gasteiger partial charge in [-0.15, -0.1) is 0 Å². The Morgan fingerprint density at radius 3 is 2.85 bits per heavy atom. The van der Waals surface area contributed by atoms with Crippen molar-refractivity contribution in [3.05, 3.63) is 53.8 Å². The van der Waals surface area contributed by atoms with Crippen LogP contribution in [0.4, 0.5) is 4.39 Å². The first-order chi connectivity index (χ1) is 9.76. The van der Waals surface area contributed by atoms with E-state index in [4.69, 9.17) is 0 Å². The van der Waals surface area contributed by atoms with Crippen LogP contribution in [0.3, 0.4) is 0 Å². The Morgan fingerprint density at radius 2 is 2.10 bits per heavy atom. The van der Waals surface area contributed by atoms with Gasteiger partial charge in [-0.2, -0.15) is 0 Å². The Balaban J connectivity index is 1.86. The Kier molecular flexibility index (Phi) is 3.71. The molecule has 1 aromatic heterocycles. The number of halogens is 1. The molecule has 0 aliphatic carbocycles. The number of hydrogen-bond acceptors (Lipinski definition) is 3. The highest BCUT2D eigenvalue weighted by molar-refractivity contribution is 7.99. The second-order valence-corrected chi connectivity index (χ2v) is 5.49. The van der Waals surface area contributed by atoms with E-state index in [0.29, 0.717) is 16.6 Å². The van der Waals surface area contributed by atoms with E-state index < -0.39 is 0 Å². The summed E-state index contributed by atoms with van der Waals surface area (Å²) in [6, 6.07) is 13.0. The minimum Gasteiger partial charge on any atom is -0.333 e. The molecule has 20 heavy (non-hydrogen) atoms. The number of rotatable bonds is 4. The van der Waals surface area contributed by atoms with E-state index in [1.54, 1.807) is 12.1 Å². The SMILES string of the molecule is CNCc1ccc(Sc2nc3ccccc3[nH]2)c(F)c1. The molecular formula is C15H14FN3S. The van der Waals surface area contributed by atoms with Gasteiger partial charge in [-0.05, 0) is 48.6 Å². The number of aromatic nitrogens is 2. The van der Waals surface area contributed by atoms with E-state index >= 15 is 0 Å². The highest BCUT2D eigenvalue weighted by Crippen LogP contribution is 2.29. The lowest BCUT2D eigenvalue weighted by atomic mass is 10.2. The summed E-state index contributed by atoms with van der Waals surface area (Å²) < 4.78 is 14.0. The molecule has 0 atom stereocenters. The fourth-order valence-electron chi connectivity index (χ4n) is 2.02. The van der Waals surface area contributed by atoms with Gasteiger partial charge in [-0.25, -0.2) is 9.37 Å². The fourth-order valence-corrected chi connectivity index (χ4v) is 2.83. The van der Waals surface area contributed by atoms with Gasteiger partial charge in [-0.1, -0.05) is 18.2 Å². The van der Waals surface area contributed by atoms with E-state index in [9.17, 15) is 4.39 Å². The number of hydrogen-bond donors (Lipinski definition) is 2. The predicted octanol–water partition coefficient (Wildman–Crippen LogP) is 3.57. The lowest BCUT2D eigenvalue weighted by Gasteiger charge is -2.04. The Morgan fingerprint density at radius 1 is 1.25 bits per heavy atom. The monoisotopic (exact) mass is 287 g/mol. The first kappa shape index (κ1) is 13.1. The molecule has 0 aliphatic heterocycles. The summed E-state index contributed by atoms with van der Waals surface area (Å²) in [4.78, 5) is 8.19. The third kappa shape index (κ3) is 2.69. The summed E-state index contributed by atoms with van der Waals surface area (Å²) in [7, 11) is 1.84. The standard InChI is InChI=1S/C15H14FN3S/c1-17-9-10-6-7-14(11(16)8-10)20-15-18-12-4-2-3-5-13(12)19-15/h2-8,17H,9H2,1H3,(H,18,19). The molecule has 2 aromatic carbocycles. The van der Waals surface area contributed by atoms with Crippen LogP contribution in [0.15, 0.2) is 52.5 Å². The van der Waals surface area contributed by atoms with Crippen molar-refractivity contribution in [1.82, 2.24) is 15.3 Å². The zero-order valence-electron chi connectivity index (χ0n) is 11.0. The maximum absolute atomic E-state index is 14.0. The molecule has 0 radical (unpaired) electrons. The van der Waals surface area contributed by atoms with E-state index in [1.165, 1.54) is 11.8 Å². The third-order valence-electron chi connectivity index (χ3n) is 2.95. The lowest BCUT2D eigenvalue weighted by molar-refractivity contribution is 0.598. The van der Waals surface area contributed by atoms with Gasteiger partial charge in [-0.3, -0.25) is 0 Å². The van der Waals surface area contributed by atoms with Crippen LogP contribution in [0.5, 0.6) is 0 Å². The molecule has 1 heterocycles. The maximum atomic E-state index is 14.0. The molecule has 102 valence electrons. The van der Waals surface area contributed by atoms with Crippen molar-refractivity contribution in [1.29, 1.82) is 0 Å². The van der Waals surface area contributed by atoms with Crippen molar-refractivity contribution >= 4 is 22.8 Å². The normalized spacial score (nSPS) is 11.1. The van der Waals surface area contributed by atoms with Crippen molar-refractivity contribution in [2.24, 2.45) is 0 Å². The van der Waals surface area contributed by atoms with Crippen LogP contribution in [0, 0.1) is 5.82 Å². The molecule has 2 N–H and O–H groups in total. The molecule has 0 saturated carbocycles. The smallest absolute Gasteiger partial charge is 0.171 e. The number of nitrogens with one attached hydrogen (secondary N) is 2. The van der Waals surface area contributed by atoms with E-state index in [-0.39, 0.29) is 5.82 Å². The van der Waals surface area contributed by atoms with Crippen LogP contribution in [-0.4, -0.2) is 17.0 Å². The van der Waals surface area contributed by atoms with Gasteiger partial charge >= 0.3 is 0 Å². The van der Waals surface area contributed by atoms with Gasteiger partial charge in [0.25, 0.3) is 0 Å². The number of para-hydroxylation sites is 2. The molecule has 0 amide bonds. The summed E-state index contributed by atoms with van der Waals surface area (Å²) in [5.41, 5.74) is 2.78. The van der Waals surface area contributed by atoms with E-state index in [0.717, 1.165) is 16.6 Å². The molecule has 0 spiro atoms. The van der Waals surface area contributed by atoms with Crippen molar-refractivity contribution in [2.45, 2.75) is 16.6 Å². The summed E-state index contributed by atoms with van der Waals surface area (Å²) >= 11 is 1.30. The van der Waals surface area contributed by atoms with Gasteiger partial charge < -0.3 is 10.3 Å². The third-order valence-corrected chi connectivity index (χ3v) is 3.89. The number of benzene rings is 2. The Bertz CT molecular complexity index is 706. The largest absolute Gasteiger partial charge is 0.333 e. The summed E-state index contributed by atoms with van der Waals surface area (Å²) in [5.74, 6) is -0.219. The fraction of sp³-hybridized carbons (Fsp3) is 0.133. The highest BCUT2D eigenvalue weighted by atomic mass is 32.2. The van der Waals surface area contributed by atoms with Crippen LogP contribution in [0.1, 0.15) is 5.56 Å². The van der Waals surface area contributed by atoms with Crippen molar-refractivity contribution in [2.75, 3.05) is 7.05 Å². The number of aromatic amines is 1. The molecule has 3 aromatic rings. The topological polar surface area (TPSA) is 40.7 Å². The van der Waals surface area contributed by atoms with Gasteiger partial charge in [0.05, 0.1) is 15.9 Å². The Hall–Kier alpha value is -1.85. The summed E-state index contributed by atoms with van der Waals surface area (Å²) in [6.07, 6.45) is 0. The van der Waals surface area contributed by atoms with Crippen molar-refractivity contribution < 1.29 is 4.39 Å². The Labute approximate surface area is 120 Å². The quantitative estimate of drug-likeness (QED) is 0.770. The zero-order chi connectivity index (χ0) is 13.9. The van der Waals surface area contributed by atoms with Crippen LogP contribution < -0.4 is 5.32 Å². The second-order valence-electron chi connectivity index (χ2n) is 4.46. The summed E-state index contributed by atoms with van der Waals surface area (Å²) in [5, 5.41) is 3.71. The van der Waals surface area contributed by atoms with Crippen LogP contribution in [-0.2, 0) is 6.54 Å². The minimum atomic E-state index is -0.219. The second kappa shape index (κ2) is 5.64. The molecule has 3 rings (SSSR count). The summed E-state index contributed by atoms with van der Waals surface area (Å²) in [6.45, 7) is 0.659. The van der Waals surface area contributed by atoms with Gasteiger partial charge in [0.15, 0.2) is 5.16 Å². The van der Waals surface area contributed by atoms with Gasteiger partial charge in [0.1, 0.15) is 5.82 Å². The van der Waals surface area contributed by atoms with Crippen molar-refractivity contribution in [3.8, 4) is 0 Å². The number of fused-ring (bicyclic) bond motifs is 1. The molecule has 0 bridgehead atoms. The molecule has 0 unspecified atom stereocenters. The van der Waals surface area contributed by atoms with Crippen LogP contribution >= 0.6 is 11.8 Å². The minimum absolute atomic E-state index is 0.219. The molecule has 5 heteroatoms. The average molecular weight is 287 g/mol. The molecule has 0 saturated heterocycles. The van der Waals surface area contributed by atoms with Crippen molar-refractivity contribution in [3.63, 3.8) is 0 Å². The van der Waals surface area contributed by atoms with Crippen LogP contribution in [0.2, 0.25) is 0 Å². The zero-order valence-corrected chi connectivity index (χ0v) is 11.8. The average Bonchev–Trinajstić information content (AvgIpc) is 2.84. The van der Waals surface area contributed by atoms with E-state index in [1.807, 2.05) is 37.4 Å². The molecular weight excluding hydrogens is 273 g/mol. The maximum Gasteiger partial charge on any atom is 0.171 e. The number of nitrogens with zero attached hydrogens (tertiary/aromatic N) is 1. The van der Waals surface area contributed by atoms with Gasteiger partial charge in [0, 0.05) is 6.54 Å². The molecule has 0 aliphatic rings. The number of H-pyrrole nitrogens is 1. The number of imidazole rings is 1. The lowest BCUT2D eigenvalue weighted by Crippen LogP contribution is -2.05. The van der Waals surface area contributed by atoms with E-state index in [2.05, 4.69) is 15.3 Å². The predicted molar refractivity (Wildman–Crippen MR) is 79.4 cm³/mol.